The highest BCUT2D eigenvalue weighted by molar-refractivity contribution is 6.05. The highest BCUT2D eigenvalue weighted by Gasteiger charge is 2.28. The Morgan fingerprint density at radius 2 is 2.04 bits per heavy atom. The summed E-state index contributed by atoms with van der Waals surface area (Å²) in [7, 11) is 1.98. The van der Waals surface area contributed by atoms with Crippen LogP contribution in [0.4, 0.5) is 5.69 Å². The Hall–Kier alpha value is -2.96. The zero-order valence-electron chi connectivity index (χ0n) is 15.6. The first-order chi connectivity index (χ1) is 13.2. The number of hydrogen-bond donors (Lipinski definition) is 0. The summed E-state index contributed by atoms with van der Waals surface area (Å²) in [6, 6.07) is 7.94. The fourth-order valence-corrected chi connectivity index (χ4v) is 3.85. The Kier molecular flexibility index (Phi) is 4.75. The van der Waals surface area contributed by atoms with Crippen molar-refractivity contribution < 1.29 is 9.53 Å². The standard InChI is InChI=1S/C20H23N5O2/c1-3-27-20(26)16-12-21-17-7-5-4-6-15(17)18(16)25-10-8-14(9-11-25)19-23-22-13-24(19)2/h4-7,12-14H,3,8-11H2,1-2H3. The number of piperidine rings is 1. The molecule has 0 radical (unpaired) electrons. The molecule has 0 saturated carbocycles. The van der Waals surface area contributed by atoms with Crippen molar-refractivity contribution in [1.82, 2.24) is 19.7 Å². The molecule has 3 heterocycles. The molecule has 27 heavy (non-hydrogen) atoms. The van der Waals surface area contributed by atoms with Crippen LogP contribution >= 0.6 is 0 Å². The second-order valence-electron chi connectivity index (χ2n) is 6.82. The third-order valence-corrected chi connectivity index (χ3v) is 5.17. The van der Waals surface area contributed by atoms with Gasteiger partial charge in [0, 0.05) is 37.6 Å². The number of fused-ring (bicyclic) bond motifs is 1. The lowest BCUT2D eigenvalue weighted by atomic mass is 9.94. The topological polar surface area (TPSA) is 73.1 Å². The molecule has 1 aromatic carbocycles. The van der Waals surface area contributed by atoms with Crippen LogP contribution in [0.5, 0.6) is 0 Å². The van der Waals surface area contributed by atoms with Crippen LogP contribution in [-0.4, -0.2) is 45.4 Å². The second-order valence-corrected chi connectivity index (χ2v) is 6.82. The monoisotopic (exact) mass is 365 g/mol. The molecule has 0 spiro atoms. The van der Waals surface area contributed by atoms with Gasteiger partial charge in [0.1, 0.15) is 17.7 Å². The van der Waals surface area contributed by atoms with Crippen LogP contribution in [0.15, 0.2) is 36.8 Å². The van der Waals surface area contributed by atoms with E-state index in [1.807, 2.05) is 42.8 Å². The van der Waals surface area contributed by atoms with Crippen molar-refractivity contribution in [2.75, 3.05) is 24.6 Å². The number of para-hydroxylation sites is 1. The number of pyridine rings is 1. The number of hydrogen-bond acceptors (Lipinski definition) is 6. The Balaban J connectivity index is 1.67. The van der Waals surface area contributed by atoms with Crippen molar-refractivity contribution in [2.45, 2.75) is 25.7 Å². The van der Waals surface area contributed by atoms with E-state index in [2.05, 4.69) is 20.1 Å². The number of carbonyl (C=O) groups is 1. The molecule has 0 atom stereocenters. The van der Waals surface area contributed by atoms with Crippen molar-refractivity contribution in [1.29, 1.82) is 0 Å². The van der Waals surface area contributed by atoms with Crippen LogP contribution < -0.4 is 4.90 Å². The number of ether oxygens (including phenoxy) is 1. The molecule has 0 aliphatic carbocycles. The molecular formula is C20H23N5O2. The van der Waals surface area contributed by atoms with Crippen molar-refractivity contribution in [3.63, 3.8) is 0 Å². The summed E-state index contributed by atoms with van der Waals surface area (Å²) in [5.41, 5.74) is 2.35. The van der Waals surface area contributed by atoms with Gasteiger partial charge in [-0.1, -0.05) is 18.2 Å². The summed E-state index contributed by atoms with van der Waals surface area (Å²) in [5.74, 6) is 1.09. The average molecular weight is 365 g/mol. The van der Waals surface area contributed by atoms with E-state index in [1.54, 1.807) is 12.5 Å². The minimum absolute atomic E-state index is 0.318. The molecule has 0 amide bonds. The van der Waals surface area contributed by atoms with Crippen LogP contribution in [0.3, 0.4) is 0 Å². The summed E-state index contributed by atoms with van der Waals surface area (Å²) in [6.45, 7) is 3.85. The van der Waals surface area contributed by atoms with Gasteiger partial charge in [0.2, 0.25) is 0 Å². The van der Waals surface area contributed by atoms with E-state index < -0.39 is 0 Å². The summed E-state index contributed by atoms with van der Waals surface area (Å²) in [5, 5.41) is 9.26. The van der Waals surface area contributed by atoms with Crippen molar-refractivity contribution in [3.05, 3.63) is 48.2 Å². The molecule has 0 bridgehead atoms. The van der Waals surface area contributed by atoms with E-state index >= 15 is 0 Å². The quantitative estimate of drug-likeness (QED) is 0.662. The van der Waals surface area contributed by atoms with Gasteiger partial charge in [-0.2, -0.15) is 0 Å². The molecule has 3 aromatic rings. The number of nitrogens with zero attached hydrogens (tertiary/aromatic N) is 5. The van der Waals surface area contributed by atoms with Crippen molar-refractivity contribution >= 4 is 22.6 Å². The zero-order chi connectivity index (χ0) is 18.8. The van der Waals surface area contributed by atoms with E-state index in [0.29, 0.717) is 18.1 Å². The first kappa shape index (κ1) is 17.5. The molecule has 1 saturated heterocycles. The van der Waals surface area contributed by atoms with Gasteiger partial charge in [0.15, 0.2) is 0 Å². The van der Waals surface area contributed by atoms with E-state index in [-0.39, 0.29) is 5.97 Å². The molecule has 7 nitrogen and oxygen atoms in total. The number of esters is 1. The highest BCUT2D eigenvalue weighted by Crippen LogP contribution is 2.35. The number of aromatic nitrogens is 4. The molecule has 1 fully saturated rings. The van der Waals surface area contributed by atoms with E-state index in [0.717, 1.165) is 48.3 Å². The lowest BCUT2D eigenvalue weighted by molar-refractivity contribution is 0.0526. The first-order valence-corrected chi connectivity index (χ1v) is 9.32. The Morgan fingerprint density at radius 3 is 2.74 bits per heavy atom. The molecule has 2 aromatic heterocycles. The van der Waals surface area contributed by atoms with Crippen LogP contribution in [-0.2, 0) is 11.8 Å². The number of anilines is 1. The summed E-state index contributed by atoms with van der Waals surface area (Å²) in [4.78, 5) is 19.3. The van der Waals surface area contributed by atoms with Gasteiger partial charge >= 0.3 is 5.97 Å². The van der Waals surface area contributed by atoms with Crippen molar-refractivity contribution in [3.8, 4) is 0 Å². The number of benzene rings is 1. The lowest BCUT2D eigenvalue weighted by Crippen LogP contribution is -2.35. The second kappa shape index (κ2) is 7.34. The molecule has 1 aliphatic heterocycles. The highest BCUT2D eigenvalue weighted by atomic mass is 16.5. The molecule has 7 heteroatoms. The Labute approximate surface area is 158 Å². The fourth-order valence-electron chi connectivity index (χ4n) is 3.85. The zero-order valence-corrected chi connectivity index (χ0v) is 15.6. The van der Waals surface area contributed by atoms with Gasteiger partial charge in [-0.25, -0.2) is 4.79 Å². The van der Waals surface area contributed by atoms with Gasteiger partial charge < -0.3 is 14.2 Å². The first-order valence-electron chi connectivity index (χ1n) is 9.32. The van der Waals surface area contributed by atoms with Crippen LogP contribution in [0.1, 0.15) is 41.9 Å². The van der Waals surface area contributed by atoms with E-state index in [9.17, 15) is 4.79 Å². The predicted molar refractivity (Wildman–Crippen MR) is 103 cm³/mol. The molecule has 4 rings (SSSR count). The number of rotatable bonds is 4. The Bertz CT molecular complexity index is 960. The van der Waals surface area contributed by atoms with Gasteiger partial charge in [-0.3, -0.25) is 4.98 Å². The van der Waals surface area contributed by atoms with Gasteiger partial charge in [0.05, 0.1) is 17.8 Å². The maximum absolute atomic E-state index is 12.5. The Morgan fingerprint density at radius 1 is 1.26 bits per heavy atom. The van der Waals surface area contributed by atoms with Gasteiger partial charge in [-0.05, 0) is 25.8 Å². The van der Waals surface area contributed by atoms with E-state index in [4.69, 9.17) is 4.74 Å². The normalized spacial score (nSPS) is 15.3. The maximum atomic E-state index is 12.5. The van der Waals surface area contributed by atoms with Crippen LogP contribution in [0.25, 0.3) is 10.9 Å². The molecule has 140 valence electrons. The van der Waals surface area contributed by atoms with E-state index in [1.165, 1.54) is 0 Å². The molecule has 0 unspecified atom stereocenters. The van der Waals surface area contributed by atoms with Crippen LogP contribution in [0, 0.1) is 0 Å². The van der Waals surface area contributed by atoms with Gasteiger partial charge in [0.25, 0.3) is 0 Å². The minimum Gasteiger partial charge on any atom is -0.462 e. The molecular weight excluding hydrogens is 342 g/mol. The minimum atomic E-state index is -0.318. The lowest BCUT2D eigenvalue weighted by Gasteiger charge is -2.34. The summed E-state index contributed by atoms with van der Waals surface area (Å²) < 4.78 is 7.27. The van der Waals surface area contributed by atoms with Crippen molar-refractivity contribution in [2.24, 2.45) is 7.05 Å². The maximum Gasteiger partial charge on any atom is 0.341 e. The molecule has 0 N–H and O–H groups in total. The van der Waals surface area contributed by atoms with Gasteiger partial charge in [-0.15, -0.1) is 10.2 Å². The molecule has 1 aliphatic rings. The summed E-state index contributed by atoms with van der Waals surface area (Å²) in [6.07, 6.45) is 5.32. The smallest absolute Gasteiger partial charge is 0.341 e. The third kappa shape index (κ3) is 3.25. The number of aryl methyl sites for hydroxylation is 1. The third-order valence-electron chi connectivity index (χ3n) is 5.17. The number of carbonyl (C=O) groups excluding carboxylic acids is 1. The summed E-state index contributed by atoms with van der Waals surface area (Å²) >= 11 is 0. The predicted octanol–water partition coefficient (Wildman–Crippen LogP) is 2.92. The van der Waals surface area contributed by atoms with Crippen LogP contribution in [0.2, 0.25) is 0 Å². The average Bonchev–Trinajstić information content (AvgIpc) is 3.13. The largest absolute Gasteiger partial charge is 0.462 e. The SMILES string of the molecule is CCOC(=O)c1cnc2ccccc2c1N1CCC(c2nncn2C)CC1. The fraction of sp³-hybridized carbons (Fsp3) is 0.400.